The van der Waals surface area contributed by atoms with E-state index in [1.807, 2.05) is 6.07 Å². The molecule has 0 aromatic carbocycles. The highest BCUT2D eigenvalue weighted by molar-refractivity contribution is 8.00. The van der Waals surface area contributed by atoms with Gasteiger partial charge in [0.1, 0.15) is 10.9 Å². The molecule has 17 heavy (non-hydrogen) atoms. The van der Waals surface area contributed by atoms with E-state index < -0.39 is 0 Å². The van der Waals surface area contributed by atoms with Crippen molar-refractivity contribution in [2.75, 3.05) is 19.0 Å². The van der Waals surface area contributed by atoms with Crippen molar-refractivity contribution in [1.82, 2.24) is 4.98 Å². The molecule has 0 saturated carbocycles. The molecular weight excluding hydrogens is 258 g/mol. The van der Waals surface area contributed by atoms with Crippen molar-refractivity contribution in [3.63, 3.8) is 0 Å². The Labute approximate surface area is 110 Å². The molecule has 0 radical (unpaired) electrons. The first-order valence-corrected chi connectivity index (χ1v) is 6.97. The molecule has 2 heterocycles. The van der Waals surface area contributed by atoms with E-state index in [-0.39, 0.29) is 5.92 Å². The lowest BCUT2D eigenvalue weighted by atomic mass is 9.96. The second-order valence-electron chi connectivity index (χ2n) is 3.96. The number of pyridine rings is 1. The number of carbonyl (C=O) groups is 1. The number of ether oxygens (including phenoxy) is 1. The van der Waals surface area contributed by atoms with Gasteiger partial charge in [0.15, 0.2) is 0 Å². The number of ketones is 1. The van der Waals surface area contributed by atoms with Gasteiger partial charge < -0.3 is 4.74 Å². The van der Waals surface area contributed by atoms with Gasteiger partial charge in [-0.15, -0.1) is 11.8 Å². The zero-order valence-corrected chi connectivity index (χ0v) is 11.0. The summed E-state index contributed by atoms with van der Waals surface area (Å²) in [4.78, 5) is 16.8. The molecule has 1 aromatic heterocycles. The standard InChI is InChI=1S/C12H14ClNO2S/c13-12-7-10(1-4-14-12)17-8-11(15)9-2-5-16-6-3-9/h1,4,7,9H,2-3,5-6,8H2. The predicted octanol–water partition coefficient (Wildman–Crippen LogP) is 2.82. The average Bonchev–Trinajstić information content (AvgIpc) is 2.37. The Morgan fingerprint density at radius 1 is 1.53 bits per heavy atom. The topological polar surface area (TPSA) is 39.2 Å². The van der Waals surface area contributed by atoms with Crippen LogP contribution in [0.4, 0.5) is 0 Å². The van der Waals surface area contributed by atoms with Crippen LogP contribution in [0.1, 0.15) is 12.8 Å². The van der Waals surface area contributed by atoms with Crippen molar-refractivity contribution in [3.8, 4) is 0 Å². The summed E-state index contributed by atoms with van der Waals surface area (Å²) in [7, 11) is 0. The largest absolute Gasteiger partial charge is 0.381 e. The smallest absolute Gasteiger partial charge is 0.146 e. The molecule has 2 rings (SSSR count). The fourth-order valence-corrected chi connectivity index (χ4v) is 2.90. The first-order valence-electron chi connectivity index (χ1n) is 5.60. The van der Waals surface area contributed by atoms with E-state index in [9.17, 15) is 4.79 Å². The van der Waals surface area contributed by atoms with Crippen LogP contribution in [0.3, 0.4) is 0 Å². The summed E-state index contributed by atoms with van der Waals surface area (Å²) in [5.74, 6) is 0.991. The van der Waals surface area contributed by atoms with Crippen LogP contribution in [-0.2, 0) is 9.53 Å². The second kappa shape index (κ2) is 6.38. The van der Waals surface area contributed by atoms with E-state index in [2.05, 4.69) is 4.98 Å². The first-order chi connectivity index (χ1) is 8.25. The second-order valence-corrected chi connectivity index (χ2v) is 5.39. The van der Waals surface area contributed by atoms with Crippen LogP contribution in [-0.4, -0.2) is 29.7 Å². The summed E-state index contributed by atoms with van der Waals surface area (Å²) in [5.41, 5.74) is 0. The zero-order chi connectivity index (χ0) is 12.1. The maximum atomic E-state index is 11.9. The van der Waals surface area contributed by atoms with Crippen LogP contribution in [0.5, 0.6) is 0 Å². The predicted molar refractivity (Wildman–Crippen MR) is 68.5 cm³/mol. The number of thioether (sulfide) groups is 1. The molecule has 0 bridgehead atoms. The maximum absolute atomic E-state index is 11.9. The van der Waals surface area contributed by atoms with Crippen molar-refractivity contribution < 1.29 is 9.53 Å². The number of carbonyl (C=O) groups excluding carboxylic acids is 1. The van der Waals surface area contributed by atoms with Gasteiger partial charge in [-0.25, -0.2) is 4.98 Å². The van der Waals surface area contributed by atoms with Gasteiger partial charge >= 0.3 is 0 Å². The van der Waals surface area contributed by atoms with Crippen molar-refractivity contribution in [2.24, 2.45) is 5.92 Å². The number of halogens is 1. The lowest BCUT2D eigenvalue weighted by Gasteiger charge is -2.20. The fourth-order valence-electron chi connectivity index (χ4n) is 1.77. The normalized spacial score (nSPS) is 17.0. The maximum Gasteiger partial charge on any atom is 0.146 e. The quantitative estimate of drug-likeness (QED) is 0.624. The molecule has 1 saturated heterocycles. The number of Topliss-reactive ketones (excluding diaryl/α,β-unsaturated/α-hetero) is 1. The highest BCUT2D eigenvalue weighted by Crippen LogP contribution is 2.23. The highest BCUT2D eigenvalue weighted by Gasteiger charge is 2.21. The van der Waals surface area contributed by atoms with Crippen LogP contribution >= 0.6 is 23.4 Å². The highest BCUT2D eigenvalue weighted by atomic mass is 35.5. The Morgan fingerprint density at radius 2 is 2.29 bits per heavy atom. The SMILES string of the molecule is O=C(CSc1ccnc(Cl)c1)C1CCOCC1. The molecule has 1 aliphatic rings. The molecule has 1 aromatic rings. The van der Waals surface area contributed by atoms with E-state index in [0.29, 0.717) is 29.9 Å². The van der Waals surface area contributed by atoms with E-state index in [4.69, 9.17) is 16.3 Å². The van der Waals surface area contributed by atoms with Crippen molar-refractivity contribution in [1.29, 1.82) is 0 Å². The van der Waals surface area contributed by atoms with Crippen LogP contribution < -0.4 is 0 Å². The van der Waals surface area contributed by atoms with Gasteiger partial charge in [-0.1, -0.05) is 11.6 Å². The zero-order valence-electron chi connectivity index (χ0n) is 9.39. The van der Waals surface area contributed by atoms with Crippen molar-refractivity contribution >= 4 is 29.1 Å². The minimum atomic E-state index is 0.175. The molecule has 0 N–H and O–H groups in total. The Balaban J connectivity index is 1.83. The average molecular weight is 272 g/mol. The molecular formula is C12H14ClNO2S. The molecule has 0 aliphatic carbocycles. The first kappa shape index (κ1) is 12.9. The molecule has 1 fully saturated rings. The van der Waals surface area contributed by atoms with Gasteiger partial charge in [-0.3, -0.25) is 4.79 Å². The number of hydrogen-bond donors (Lipinski definition) is 0. The van der Waals surface area contributed by atoms with Gasteiger partial charge in [0.25, 0.3) is 0 Å². The molecule has 0 atom stereocenters. The molecule has 92 valence electrons. The van der Waals surface area contributed by atoms with Gasteiger partial charge in [-0.2, -0.15) is 0 Å². The number of hydrogen-bond acceptors (Lipinski definition) is 4. The molecule has 5 heteroatoms. The Morgan fingerprint density at radius 3 is 3.00 bits per heavy atom. The molecule has 0 amide bonds. The third kappa shape index (κ3) is 3.98. The molecule has 1 aliphatic heterocycles. The van der Waals surface area contributed by atoms with Crippen LogP contribution in [0, 0.1) is 5.92 Å². The van der Waals surface area contributed by atoms with Crippen LogP contribution in [0.2, 0.25) is 5.15 Å². The number of rotatable bonds is 4. The lowest BCUT2D eigenvalue weighted by molar-refractivity contribution is -0.123. The van der Waals surface area contributed by atoms with Crippen molar-refractivity contribution in [2.45, 2.75) is 17.7 Å². The molecule has 0 spiro atoms. The molecule has 0 unspecified atom stereocenters. The minimum Gasteiger partial charge on any atom is -0.381 e. The summed E-state index contributed by atoms with van der Waals surface area (Å²) in [5, 5.41) is 0.466. The number of nitrogens with zero attached hydrogens (tertiary/aromatic N) is 1. The monoisotopic (exact) mass is 271 g/mol. The minimum absolute atomic E-state index is 0.175. The summed E-state index contributed by atoms with van der Waals surface area (Å²) < 4.78 is 5.24. The summed E-state index contributed by atoms with van der Waals surface area (Å²) in [6.07, 6.45) is 3.37. The Kier molecular flexibility index (Phi) is 4.83. The third-order valence-corrected chi connectivity index (χ3v) is 3.98. The van der Waals surface area contributed by atoms with Crippen LogP contribution in [0.15, 0.2) is 23.2 Å². The number of aromatic nitrogens is 1. The van der Waals surface area contributed by atoms with E-state index in [1.165, 1.54) is 11.8 Å². The molecule has 3 nitrogen and oxygen atoms in total. The summed E-state index contributed by atoms with van der Waals surface area (Å²) >= 11 is 7.30. The van der Waals surface area contributed by atoms with Gasteiger partial charge in [0.2, 0.25) is 0 Å². The van der Waals surface area contributed by atoms with Gasteiger partial charge in [0, 0.05) is 30.2 Å². The van der Waals surface area contributed by atoms with Gasteiger partial charge in [0.05, 0.1) is 5.75 Å². The van der Waals surface area contributed by atoms with E-state index >= 15 is 0 Å². The Bertz CT molecular complexity index is 394. The van der Waals surface area contributed by atoms with E-state index in [0.717, 1.165) is 17.7 Å². The third-order valence-electron chi connectivity index (χ3n) is 2.76. The van der Waals surface area contributed by atoms with Gasteiger partial charge in [-0.05, 0) is 25.0 Å². The van der Waals surface area contributed by atoms with Crippen molar-refractivity contribution in [3.05, 3.63) is 23.5 Å². The summed E-state index contributed by atoms with van der Waals surface area (Å²) in [6.45, 7) is 1.42. The summed E-state index contributed by atoms with van der Waals surface area (Å²) in [6, 6.07) is 3.65. The lowest BCUT2D eigenvalue weighted by Crippen LogP contribution is -2.24. The van der Waals surface area contributed by atoms with Crippen LogP contribution in [0.25, 0.3) is 0 Å². The van der Waals surface area contributed by atoms with E-state index in [1.54, 1.807) is 12.3 Å². The fraction of sp³-hybridized carbons (Fsp3) is 0.500. The Hall–Kier alpha value is -0.580.